The topological polar surface area (TPSA) is 86.8 Å². The summed E-state index contributed by atoms with van der Waals surface area (Å²) in [6, 6.07) is 16.0. The van der Waals surface area contributed by atoms with Crippen LogP contribution in [0.2, 0.25) is 0 Å². The molecule has 0 unspecified atom stereocenters. The quantitative estimate of drug-likeness (QED) is 0.487. The average molecular weight is 404 g/mol. The van der Waals surface area contributed by atoms with Gasteiger partial charge in [0.25, 0.3) is 0 Å². The van der Waals surface area contributed by atoms with Crippen molar-refractivity contribution in [2.24, 2.45) is 11.7 Å². The van der Waals surface area contributed by atoms with E-state index in [0.29, 0.717) is 18.0 Å². The van der Waals surface area contributed by atoms with Crippen molar-refractivity contribution in [3.8, 4) is 0 Å². The van der Waals surface area contributed by atoms with Gasteiger partial charge in [-0.2, -0.15) is 0 Å². The Balaban J connectivity index is 2.13. The first-order valence-electron chi connectivity index (χ1n) is 9.95. The van der Waals surface area contributed by atoms with Gasteiger partial charge in [0.1, 0.15) is 0 Å². The van der Waals surface area contributed by atoms with Gasteiger partial charge < -0.3 is 15.5 Å². The van der Waals surface area contributed by atoms with Gasteiger partial charge in [0.05, 0.1) is 6.16 Å². The third-order valence-electron chi connectivity index (χ3n) is 5.12. The van der Waals surface area contributed by atoms with E-state index in [-0.39, 0.29) is 6.16 Å². The van der Waals surface area contributed by atoms with Crippen LogP contribution in [0.1, 0.15) is 48.9 Å². The van der Waals surface area contributed by atoms with Crippen LogP contribution in [-0.2, 0) is 30.4 Å². The molecule has 0 atom stereocenters. The molecule has 0 radical (unpaired) electrons. The van der Waals surface area contributed by atoms with E-state index < -0.39 is 7.60 Å². The van der Waals surface area contributed by atoms with Crippen LogP contribution in [-0.4, -0.2) is 21.2 Å². The van der Waals surface area contributed by atoms with E-state index in [2.05, 4.69) is 43.0 Å². The molecule has 5 nitrogen and oxygen atoms in total. The first kappa shape index (κ1) is 22.8. The van der Waals surface area contributed by atoms with Gasteiger partial charge in [-0.15, -0.1) is 0 Å². The minimum Gasteiger partial charge on any atom is -0.326 e. The highest BCUT2D eigenvalue weighted by molar-refractivity contribution is 7.50. The van der Waals surface area contributed by atoms with Crippen molar-refractivity contribution in [1.29, 1.82) is 0 Å². The molecule has 2 rings (SSSR count). The highest BCUT2D eigenvalue weighted by Crippen LogP contribution is 2.38. The van der Waals surface area contributed by atoms with Crippen LogP contribution in [0.5, 0.6) is 0 Å². The largest absolute Gasteiger partial charge is 0.329 e. The Kier molecular flexibility index (Phi) is 8.87. The van der Waals surface area contributed by atoms with Crippen LogP contribution in [0.25, 0.3) is 0 Å². The number of benzene rings is 2. The first-order chi connectivity index (χ1) is 13.3. The molecule has 0 amide bonds. The molecule has 0 bridgehead atoms. The molecule has 2 aromatic carbocycles. The number of nitrogens with two attached hydrogens (primary N) is 1. The number of hydrogen-bond donors (Lipinski definition) is 3. The van der Waals surface area contributed by atoms with E-state index in [9.17, 15) is 4.57 Å². The van der Waals surface area contributed by atoms with E-state index in [1.807, 2.05) is 24.3 Å². The van der Waals surface area contributed by atoms with Crippen LogP contribution >= 0.6 is 7.60 Å². The molecular formula is C22H33N2O3P. The van der Waals surface area contributed by atoms with Crippen molar-refractivity contribution in [1.82, 2.24) is 4.90 Å². The van der Waals surface area contributed by atoms with Gasteiger partial charge in [0, 0.05) is 26.2 Å². The molecule has 0 aromatic heterocycles. The monoisotopic (exact) mass is 404 g/mol. The van der Waals surface area contributed by atoms with Crippen molar-refractivity contribution in [2.45, 2.75) is 52.5 Å². The summed E-state index contributed by atoms with van der Waals surface area (Å²) < 4.78 is 11.2. The standard InChI is InChI=1S/C22H33N2O3P/c1-3-18(4-2)14-24(16-22-7-5-6-21(12-22)13-23)15-19-8-10-20(11-9-19)17-28(25,26)27/h5-12,18H,3-4,13-17,23H2,1-2H3,(H2,25,26,27). The van der Waals surface area contributed by atoms with E-state index in [1.165, 1.54) is 5.56 Å². The van der Waals surface area contributed by atoms with E-state index >= 15 is 0 Å². The van der Waals surface area contributed by atoms with Gasteiger partial charge in [-0.25, -0.2) is 0 Å². The predicted octanol–water partition coefficient (Wildman–Crippen LogP) is 4.26. The fraction of sp³-hybridized carbons (Fsp3) is 0.455. The van der Waals surface area contributed by atoms with Crippen molar-refractivity contribution >= 4 is 7.60 Å². The summed E-state index contributed by atoms with van der Waals surface area (Å²) in [5, 5.41) is 0. The van der Waals surface area contributed by atoms with Gasteiger partial charge in [-0.1, -0.05) is 75.2 Å². The van der Waals surface area contributed by atoms with Gasteiger partial charge in [-0.3, -0.25) is 9.46 Å². The second-order valence-electron chi connectivity index (χ2n) is 7.52. The van der Waals surface area contributed by atoms with E-state index in [0.717, 1.165) is 43.6 Å². The van der Waals surface area contributed by atoms with Crippen LogP contribution in [0.3, 0.4) is 0 Å². The maximum Gasteiger partial charge on any atom is 0.329 e. The zero-order valence-electron chi connectivity index (χ0n) is 16.9. The maximum atomic E-state index is 11.2. The Labute approximate surface area is 168 Å². The van der Waals surface area contributed by atoms with Crippen molar-refractivity contribution < 1.29 is 14.4 Å². The molecule has 0 aliphatic heterocycles. The zero-order valence-corrected chi connectivity index (χ0v) is 17.8. The molecule has 2 aromatic rings. The molecule has 0 heterocycles. The smallest absolute Gasteiger partial charge is 0.326 e. The van der Waals surface area contributed by atoms with Crippen molar-refractivity contribution in [3.05, 3.63) is 70.8 Å². The molecule has 0 saturated carbocycles. The molecule has 6 heteroatoms. The summed E-state index contributed by atoms with van der Waals surface area (Å²) in [6.45, 7) is 7.69. The highest BCUT2D eigenvalue weighted by Gasteiger charge is 2.15. The molecule has 0 spiro atoms. The maximum absolute atomic E-state index is 11.2. The molecule has 0 aliphatic rings. The second-order valence-corrected chi connectivity index (χ2v) is 9.16. The number of rotatable bonds is 11. The predicted molar refractivity (Wildman–Crippen MR) is 115 cm³/mol. The van der Waals surface area contributed by atoms with Crippen molar-refractivity contribution in [2.75, 3.05) is 6.54 Å². The fourth-order valence-electron chi connectivity index (χ4n) is 3.46. The lowest BCUT2D eigenvalue weighted by atomic mass is 10.0. The summed E-state index contributed by atoms with van der Waals surface area (Å²) >= 11 is 0. The highest BCUT2D eigenvalue weighted by atomic mass is 31.2. The lowest BCUT2D eigenvalue weighted by molar-refractivity contribution is 0.208. The molecule has 154 valence electrons. The Morgan fingerprint density at radius 2 is 1.50 bits per heavy atom. The van der Waals surface area contributed by atoms with E-state index in [1.54, 1.807) is 0 Å². The fourth-order valence-corrected chi connectivity index (χ4v) is 4.14. The Morgan fingerprint density at radius 3 is 2.07 bits per heavy atom. The molecule has 0 fully saturated rings. The Bertz CT molecular complexity index is 770. The van der Waals surface area contributed by atoms with Crippen LogP contribution < -0.4 is 5.73 Å². The normalized spacial score (nSPS) is 12.1. The van der Waals surface area contributed by atoms with Crippen LogP contribution in [0.4, 0.5) is 0 Å². The Hall–Kier alpha value is -1.49. The van der Waals surface area contributed by atoms with Crippen molar-refractivity contribution in [3.63, 3.8) is 0 Å². The van der Waals surface area contributed by atoms with Gasteiger partial charge in [0.2, 0.25) is 0 Å². The second kappa shape index (κ2) is 10.9. The summed E-state index contributed by atoms with van der Waals surface area (Å²) in [5.74, 6) is 0.645. The van der Waals surface area contributed by atoms with Gasteiger partial charge >= 0.3 is 7.60 Å². The summed E-state index contributed by atoms with van der Waals surface area (Å²) in [5.41, 5.74) is 10.00. The van der Waals surface area contributed by atoms with E-state index in [4.69, 9.17) is 15.5 Å². The minimum absolute atomic E-state index is 0.212. The third-order valence-corrected chi connectivity index (χ3v) is 5.90. The van der Waals surface area contributed by atoms with Gasteiger partial charge in [-0.05, 0) is 28.2 Å². The molecule has 0 aliphatic carbocycles. The summed E-state index contributed by atoms with van der Waals surface area (Å²) in [4.78, 5) is 20.7. The van der Waals surface area contributed by atoms with Crippen LogP contribution in [0.15, 0.2) is 48.5 Å². The lowest BCUT2D eigenvalue weighted by Gasteiger charge is -2.27. The van der Waals surface area contributed by atoms with Gasteiger partial charge in [0.15, 0.2) is 0 Å². The summed E-state index contributed by atoms with van der Waals surface area (Å²) in [6.07, 6.45) is 2.09. The molecule has 28 heavy (non-hydrogen) atoms. The average Bonchev–Trinajstić information content (AvgIpc) is 2.66. The summed E-state index contributed by atoms with van der Waals surface area (Å²) in [7, 11) is -4.03. The molecule has 4 N–H and O–H groups in total. The Morgan fingerprint density at radius 1 is 0.929 bits per heavy atom. The first-order valence-corrected chi connectivity index (χ1v) is 11.7. The zero-order chi connectivity index (χ0) is 20.6. The third kappa shape index (κ3) is 7.86. The number of hydrogen-bond acceptors (Lipinski definition) is 3. The SMILES string of the molecule is CCC(CC)CN(Cc1ccc(CP(=O)(O)O)cc1)Cc1cccc(CN)c1. The lowest BCUT2D eigenvalue weighted by Crippen LogP contribution is -2.28. The molecular weight excluding hydrogens is 371 g/mol. The van der Waals surface area contributed by atoms with Crippen LogP contribution in [0, 0.1) is 5.92 Å². The number of nitrogens with zero attached hydrogens (tertiary/aromatic N) is 1. The minimum atomic E-state index is -4.03. The molecule has 0 saturated heterocycles.